The number of hydrogen-bond acceptors (Lipinski definition) is 2. The monoisotopic (exact) mass is 212 g/mol. The summed E-state index contributed by atoms with van der Waals surface area (Å²) in [5, 5.41) is 0. The smallest absolute Gasteiger partial charge is 0.159 e. The van der Waals surface area contributed by atoms with E-state index in [1.54, 1.807) is 31.2 Å². The molecule has 2 heteroatoms. The number of carbonyl (C=O) groups excluding carboxylic acids is 1. The maximum atomic E-state index is 11.0. The van der Waals surface area contributed by atoms with Crippen LogP contribution < -0.4 is 4.74 Å². The minimum absolute atomic E-state index is 0.0459. The van der Waals surface area contributed by atoms with E-state index in [9.17, 15) is 4.79 Å². The lowest BCUT2D eigenvalue weighted by Gasteiger charge is -2.01. The van der Waals surface area contributed by atoms with Gasteiger partial charge in [-0.2, -0.15) is 0 Å². The van der Waals surface area contributed by atoms with Crippen molar-refractivity contribution in [2.75, 3.05) is 6.61 Å². The van der Waals surface area contributed by atoms with Gasteiger partial charge in [0.05, 0.1) is 0 Å². The third kappa shape index (κ3) is 3.90. The van der Waals surface area contributed by atoms with Crippen molar-refractivity contribution < 1.29 is 9.53 Å². The molecule has 0 radical (unpaired) electrons. The van der Waals surface area contributed by atoms with Crippen molar-refractivity contribution in [2.24, 2.45) is 0 Å². The molecule has 0 amide bonds. The summed E-state index contributed by atoms with van der Waals surface area (Å²) in [7, 11) is 0. The lowest BCUT2D eigenvalue weighted by atomic mass is 10.1. The second-order valence-electron chi connectivity index (χ2n) is 3.05. The Bertz CT molecular complexity index is 475. The number of ketones is 1. The molecule has 80 valence electrons. The van der Waals surface area contributed by atoms with Gasteiger partial charge in [0, 0.05) is 5.56 Å². The van der Waals surface area contributed by atoms with Crippen molar-refractivity contribution in [2.45, 2.75) is 13.8 Å². The van der Waals surface area contributed by atoms with E-state index in [1.165, 1.54) is 6.92 Å². The fourth-order valence-corrected chi connectivity index (χ4v) is 1.05. The van der Waals surface area contributed by atoms with Crippen LogP contribution in [0.4, 0.5) is 0 Å². The van der Waals surface area contributed by atoms with Crippen molar-refractivity contribution in [3.8, 4) is 29.4 Å². The van der Waals surface area contributed by atoms with E-state index in [1.807, 2.05) is 0 Å². The molecule has 2 nitrogen and oxygen atoms in total. The molecule has 0 heterocycles. The van der Waals surface area contributed by atoms with Gasteiger partial charge in [-0.25, -0.2) is 0 Å². The first kappa shape index (κ1) is 11.9. The molecular formula is C14H12O2. The third-order valence-electron chi connectivity index (χ3n) is 1.85. The molecule has 0 fully saturated rings. The molecule has 0 aromatic heterocycles. The van der Waals surface area contributed by atoms with Gasteiger partial charge in [-0.15, -0.1) is 0 Å². The van der Waals surface area contributed by atoms with Crippen LogP contribution in [0.1, 0.15) is 24.2 Å². The van der Waals surface area contributed by atoms with Crippen molar-refractivity contribution >= 4 is 5.78 Å². The molecule has 1 aromatic rings. The molecule has 0 aliphatic carbocycles. The summed E-state index contributed by atoms with van der Waals surface area (Å²) in [6.07, 6.45) is 0. The Morgan fingerprint density at radius 2 is 1.94 bits per heavy atom. The summed E-state index contributed by atoms with van der Waals surface area (Å²) in [5.74, 6) is 11.4. The first-order chi connectivity index (χ1) is 7.74. The molecule has 0 N–H and O–H groups in total. The fraction of sp³-hybridized carbons (Fsp3) is 0.214. The average molecular weight is 212 g/mol. The minimum atomic E-state index is 0.0459. The fourth-order valence-electron chi connectivity index (χ4n) is 1.05. The van der Waals surface area contributed by atoms with Crippen LogP contribution in [0.5, 0.6) is 5.75 Å². The van der Waals surface area contributed by atoms with Crippen LogP contribution in [0.3, 0.4) is 0 Å². The highest BCUT2D eigenvalue weighted by atomic mass is 16.5. The molecule has 1 aromatic carbocycles. The van der Waals surface area contributed by atoms with Crippen molar-refractivity contribution in [1.29, 1.82) is 0 Å². The van der Waals surface area contributed by atoms with Crippen LogP contribution in [-0.2, 0) is 0 Å². The molecule has 16 heavy (non-hydrogen) atoms. The van der Waals surface area contributed by atoms with Gasteiger partial charge >= 0.3 is 0 Å². The normalized spacial score (nSPS) is 8.12. The number of benzene rings is 1. The molecular weight excluding hydrogens is 200 g/mol. The second kappa shape index (κ2) is 6.32. The predicted molar refractivity (Wildman–Crippen MR) is 63.2 cm³/mol. The summed E-state index contributed by atoms with van der Waals surface area (Å²) >= 11 is 0. The number of hydrogen-bond donors (Lipinski definition) is 0. The van der Waals surface area contributed by atoms with Gasteiger partial charge in [-0.3, -0.25) is 4.79 Å². The van der Waals surface area contributed by atoms with Crippen molar-refractivity contribution in [3.63, 3.8) is 0 Å². The maximum absolute atomic E-state index is 11.0. The van der Waals surface area contributed by atoms with Gasteiger partial charge in [0.25, 0.3) is 0 Å². The third-order valence-corrected chi connectivity index (χ3v) is 1.85. The molecule has 0 atom stereocenters. The molecule has 0 bridgehead atoms. The van der Waals surface area contributed by atoms with E-state index in [2.05, 4.69) is 23.7 Å². The molecule has 1 rings (SSSR count). The number of ether oxygens (including phenoxy) is 1. The van der Waals surface area contributed by atoms with Gasteiger partial charge in [-0.1, -0.05) is 5.92 Å². The Morgan fingerprint density at radius 1 is 1.25 bits per heavy atom. The highest BCUT2D eigenvalue weighted by Crippen LogP contribution is 2.12. The Morgan fingerprint density at radius 3 is 2.50 bits per heavy atom. The van der Waals surface area contributed by atoms with Crippen LogP contribution in [0.25, 0.3) is 0 Å². The van der Waals surface area contributed by atoms with E-state index in [0.717, 1.165) is 0 Å². The van der Waals surface area contributed by atoms with Crippen LogP contribution in [0.15, 0.2) is 24.3 Å². The quantitative estimate of drug-likeness (QED) is 0.567. The van der Waals surface area contributed by atoms with Gasteiger partial charge in [0.1, 0.15) is 12.4 Å². The minimum Gasteiger partial charge on any atom is -0.481 e. The van der Waals surface area contributed by atoms with E-state index in [0.29, 0.717) is 17.9 Å². The lowest BCUT2D eigenvalue weighted by molar-refractivity contribution is 0.101. The summed E-state index contributed by atoms with van der Waals surface area (Å²) in [6, 6.07) is 6.97. The maximum Gasteiger partial charge on any atom is 0.159 e. The highest BCUT2D eigenvalue weighted by Gasteiger charge is 1.98. The highest BCUT2D eigenvalue weighted by molar-refractivity contribution is 5.94. The molecule has 0 saturated heterocycles. The van der Waals surface area contributed by atoms with Crippen LogP contribution in [0, 0.1) is 23.7 Å². The van der Waals surface area contributed by atoms with Crippen LogP contribution in [0.2, 0.25) is 0 Å². The average Bonchev–Trinajstić information content (AvgIpc) is 2.29. The van der Waals surface area contributed by atoms with E-state index < -0.39 is 0 Å². The standard InChI is InChI=1S/C14H12O2/c1-3-4-5-6-11-16-14-9-7-13(8-10-14)12(2)15/h7-10H,11H2,1-2H3. The Labute approximate surface area is 95.6 Å². The molecule has 0 unspecified atom stereocenters. The molecule has 0 aliphatic heterocycles. The number of carbonyl (C=O) groups is 1. The van der Waals surface area contributed by atoms with Crippen LogP contribution in [-0.4, -0.2) is 12.4 Å². The Balaban J connectivity index is 2.53. The summed E-state index contributed by atoms with van der Waals surface area (Å²) in [6.45, 7) is 3.56. The van der Waals surface area contributed by atoms with E-state index in [4.69, 9.17) is 4.74 Å². The predicted octanol–water partition coefficient (Wildman–Crippen LogP) is 2.29. The molecule has 0 aliphatic rings. The number of rotatable bonds is 3. The summed E-state index contributed by atoms with van der Waals surface area (Å²) in [4.78, 5) is 11.0. The SMILES string of the molecule is CC#CC#CCOc1ccc(C(C)=O)cc1. The van der Waals surface area contributed by atoms with Gasteiger partial charge in [-0.05, 0) is 55.9 Å². The number of Topliss-reactive ketones (excluding diaryl/α,β-unsaturated/α-hetero) is 1. The topological polar surface area (TPSA) is 26.3 Å². The summed E-state index contributed by atoms with van der Waals surface area (Å²) < 4.78 is 5.33. The van der Waals surface area contributed by atoms with Crippen molar-refractivity contribution in [1.82, 2.24) is 0 Å². The van der Waals surface area contributed by atoms with Gasteiger partial charge in [0.15, 0.2) is 5.78 Å². The van der Waals surface area contributed by atoms with Crippen molar-refractivity contribution in [3.05, 3.63) is 29.8 Å². The second-order valence-corrected chi connectivity index (χ2v) is 3.05. The van der Waals surface area contributed by atoms with E-state index >= 15 is 0 Å². The Kier molecular flexibility index (Phi) is 4.70. The first-order valence-corrected chi connectivity index (χ1v) is 4.87. The Hall–Kier alpha value is -2.19. The first-order valence-electron chi connectivity index (χ1n) is 4.87. The zero-order valence-electron chi connectivity index (χ0n) is 9.33. The van der Waals surface area contributed by atoms with Gasteiger partial charge in [0.2, 0.25) is 0 Å². The lowest BCUT2D eigenvalue weighted by Crippen LogP contribution is -1.95. The summed E-state index contributed by atoms with van der Waals surface area (Å²) in [5.41, 5.74) is 0.676. The van der Waals surface area contributed by atoms with E-state index in [-0.39, 0.29) is 5.78 Å². The molecule has 0 spiro atoms. The largest absolute Gasteiger partial charge is 0.481 e. The zero-order valence-corrected chi connectivity index (χ0v) is 9.33. The zero-order chi connectivity index (χ0) is 11.8. The van der Waals surface area contributed by atoms with Gasteiger partial charge < -0.3 is 4.74 Å². The molecule has 0 saturated carbocycles. The van der Waals surface area contributed by atoms with Crippen LogP contribution >= 0.6 is 0 Å².